The van der Waals surface area contributed by atoms with E-state index in [9.17, 15) is 14.4 Å². The van der Waals surface area contributed by atoms with Gasteiger partial charge in [0, 0.05) is 7.11 Å². The van der Waals surface area contributed by atoms with E-state index in [-0.39, 0.29) is 49.7 Å². The minimum atomic E-state index is -1.51. The first-order chi connectivity index (χ1) is 37.4. The van der Waals surface area contributed by atoms with Crippen LogP contribution in [0.2, 0.25) is 0 Å². The molecular weight excluding hydrogens is 969 g/mol. The monoisotopic (exact) mass is 1030 g/mol. The van der Waals surface area contributed by atoms with Gasteiger partial charge in [-0.15, -0.1) is 0 Å². The normalized spacial score (nSPS) is 23.2. The molecule has 76 heavy (non-hydrogen) atoms. The highest BCUT2D eigenvalue weighted by Crippen LogP contribution is 2.37. The van der Waals surface area contributed by atoms with Crippen LogP contribution in [-0.4, -0.2) is 99.6 Å². The molecule has 7 aromatic rings. The molecule has 0 aliphatic carbocycles. The highest BCUT2D eigenvalue weighted by atomic mass is 16.8. The van der Waals surface area contributed by atoms with Gasteiger partial charge in [0.1, 0.15) is 43.2 Å². The quantitative estimate of drug-likeness (QED) is 0.0441. The zero-order valence-electron chi connectivity index (χ0n) is 41.9. The first-order valence-electron chi connectivity index (χ1n) is 25.2. The van der Waals surface area contributed by atoms with Gasteiger partial charge in [0.15, 0.2) is 24.8 Å². The predicted octanol–water partition coefficient (Wildman–Crippen LogP) is 9.75. The summed E-state index contributed by atoms with van der Waals surface area (Å²) in [5.74, 6) is -2.19. The molecule has 14 nitrogen and oxygen atoms in total. The first kappa shape index (κ1) is 53.5. The van der Waals surface area contributed by atoms with Gasteiger partial charge >= 0.3 is 17.9 Å². The molecule has 0 bridgehead atoms. The summed E-state index contributed by atoms with van der Waals surface area (Å²) in [6.07, 6.45) is -12.2. The van der Waals surface area contributed by atoms with Crippen molar-refractivity contribution in [2.75, 3.05) is 20.3 Å². The van der Waals surface area contributed by atoms with E-state index in [4.69, 9.17) is 52.1 Å². The van der Waals surface area contributed by atoms with Gasteiger partial charge in [-0.2, -0.15) is 0 Å². The van der Waals surface area contributed by atoms with Crippen LogP contribution in [0.1, 0.15) is 53.3 Å². The molecule has 7 aromatic carbocycles. The van der Waals surface area contributed by atoms with Crippen LogP contribution in [0.5, 0.6) is 0 Å². The van der Waals surface area contributed by atoms with Crippen molar-refractivity contribution in [3.05, 3.63) is 251 Å². The van der Waals surface area contributed by atoms with Crippen LogP contribution in [0.4, 0.5) is 0 Å². The van der Waals surface area contributed by atoms with Crippen molar-refractivity contribution < 1.29 is 66.5 Å². The standard InChI is InChI=1S/C62H60O14/c1-66-61-57(75-60(65)49-35-21-8-22-36-49)55(74-59(64)48-33-19-7-20-34-48)53(51(72-61)42-71-58(63)47-31-17-6-18-32-47)76-62-56(70-40-46-29-15-5-16-30-46)54(69-39-45-27-13-4-14-28-45)52(68-38-44-25-11-3-12-26-44)50(73-62)41-67-37-43-23-9-2-10-24-43/h2-36,50-57,61-62H,37-42H2,1H3/t50?,51?,52-,53+,54?,55?,56?,57?,61-,62+/m0/s1. The van der Waals surface area contributed by atoms with E-state index in [1.807, 2.05) is 121 Å². The van der Waals surface area contributed by atoms with E-state index in [1.165, 1.54) is 7.11 Å². The maximum Gasteiger partial charge on any atom is 0.338 e. The van der Waals surface area contributed by atoms with E-state index in [0.717, 1.165) is 22.3 Å². The number of hydrogen-bond acceptors (Lipinski definition) is 14. The number of hydrogen-bond donors (Lipinski definition) is 0. The maximum atomic E-state index is 14.4. The van der Waals surface area contributed by atoms with Gasteiger partial charge in [-0.25, -0.2) is 14.4 Å². The molecule has 2 heterocycles. The van der Waals surface area contributed by atoms with Crippen LogP contribution in [0.25, 0.3) is 0 Å². The topological polar surface area (TPSA) is 153 Å². The summed E-state index contributed by atoms with van der Waals surface area (Å²) in [6, 6.07) is 64.0. The fourth-order valence-electron chi connectivity index (χ4n) is 8.98. The molecule has 0 spiro atoms. The van der Waals surface area contributed by atoms with E-state index < -0.39 is 85.9 Å². The van der Waals surface area contributed by atoms with Crippen molar-refractivity contribution in [3.63, 3.8) is 0 Å². The lowest BCUT2D eigenvalue weighted by Crippen LogP contribution is -2.67. The number of esters is 3. The van der Waals surface area contributed by atoms with Gasteiger partial charge in [-0.05, 0) is 58.7 Å². The second-order valence-corrected chi connectivity index (χ2v) is 18.1. The van der Waals surface area contributed by atoms with Crippen molar-refractivity contribution >= 4 is 17.9 Å². The van der Waals surface area contributed by atoms with Gasteiger partial charge < -0.3 is 52.1 Å². The maximum absolute atomic E-state index is 14.4. The molecule has 6 unspecified atom stereocenters. The summed E-state index contributed by atoms with van der Waals surface area (Å²) >= 11 is 0. The van der Waals surface area contributed by atoms with E-state index >= 15 is 0 Å². The minimum absolute atomic E-state index is 0.000416. The van der Waals surface area contributed by atoms with Crippen LogP contribution in [0.3, 0.4) is 0 Å². The van der Waals surface area contributed by atoms with Crippen LogP contribution in [0, 0.1) is 0 Å². The van der Waals surface area contributed by atoms with E-state index in [0.29, 0.717) is 0 Å². The van der Waals surface area contributed by atoms with Gasteiger partial charge in [0.2, 0.25) is 0 Å². The molecule has 2 aliphatic heterocycles. The number of carbonyl (C=O) groups excluding carboxylic acids is 3. The molecule has 10 atom stereocenters. The lowest BCUT2D eigenvalue weighted by atomic mass is 9.95. The fraction of sp³-hybridized carbons (Fsp3) is 0.274. The second kappa shape index (κ2) is 27.4. The molecule has 9 rings (SSSR count). The van der Waals surface area contributed by atoms with Gasteiger partial charge in [0.05, 0.1) is 49.7 Å². The van der Waals surface area contributed by atoms with E-state index in [2.05, 4.69) is 0 Å². The molecule has 2 fully saturated rings. The number of benzene rings is 7. The van der Waals surface area contributed by atoms with Crippen molar-refractivity contribution in [3.8, 4) is 0 Å². The average molecular weight is 1030 g/mol. The third-order valence-corrected chi connectivity index (χ3v) is 12.8. The summed E-state index contributed by atoms with van der Waals surface area (Å²) in [5, 5.41) is 0. The molecule has 0 saturated carbocycles. The Morgan fingerprint density at radius 1 is 0.368 bits per heavy atom. The van der Waals surface area contributed by atoms with Gasteiger partial charge in [-0.1, -0.05) is 176 Å². The Labute approximate surface area is 442 Å². The molecule has 2 aliphatic rings. The Bertz CT molecular complexity index is 2830. The third-order valence-electron chi connectivity index (χ3n) is 12.8. The van der Waals surface area contributed by atoms with Crippen molar-refractivity contribution in [2.24, 2.45) is 0 Å². The summed E-state index contributed by atoms with van der Waals surface area (Å²) in [7, 11) is 1.36. The van der Waals surface area contributed by atoms with Crippen molar-refractivity contribution in [1.82, 2.24) is 0 Å². The zero-order chi connectivity index (χ0) is 52.3. The fourth-order valence-corrected chi connectivity index (χ4v) is 8.98. The van der Waals surface area contributed by atoms with Crippen LogP contribution in [0.15, 0.2) is 212 Å². The molecule has 0 aromatic heterocycles. The molecule has 0 radical (unpaired) electrons. The Hall–Kier alpha value is -7.37. The third kappa shape index (κ3) is 14.5. The predicted molar refractivity (Wildman–Crippen MR) is 278 cm³/mol. The van der Waals surface area contributed by atoms with Crippen LogP contribution < -0.4 is 0 Å². The highest BCUT2D eigenvalue weighted by molar-refractivity contribution is 5.90. The second-order valence-electron chi connectivity index (χ2n) is 18.1. The number of methoxy groups -OCH3 is 1. The van der Waals surface area contributed by atoms with Crippen LogP contribution >= 0.6 is 0 Å². The zero-order valence-corrected chi connectivity index (χ0v) is 41.9. The molecular formula is C62H60O14. The Balaban J connectivity index is 1.14. The van der Waals surface area contributed by atoms with Gasteiger partial charge in [-0.3, -0.25) is 0 Å². The lowest BCUT2D eigenvalue weighted by molar-refractivity contribution is -0.367. The number of carbonyl (C=O) groups is 3. The Morgan fingerprint density at radius 3 is 1.20 bits per heavy atom. The van der Waals surface area contributed by atoms with Gasteiger partial charge in [0.25, 0.3) is 0 Å². The van der Waals surface area contributed by atoms with Crippen molar-refractivity contribution in [1.29, 1.82) is 0 Å². The number of ether oxygens (including phenoxy) is 11. The summed E-state index contributed by atoms with van der Waals surface area (Å²) in [4.78, 5) is 42.2. The lowest BCUT2D eigenvalue weighted by Gasteiger charge is -2.49. The first-order valence-corrected chi connectivity index (χ1v) is 25.2. The van der Waals surface area contributed by atoms with Crippen LogP contribution in [-0.2, 0) is 78.5 Å². The molecule has 2 saturated heterocycles. The summed E-state index contributed by atoms with van der Waals surface area (Å²) in [5.41, 5.74) is 4.27. The van der Waals surface area contributed by atoms with E-state index in [1.54, 1.807) is 91.0 Å². The molecule has 0 N–H and O–H groups in total. The summed E-state index contributed by atoms with van der Waals surface area (Å²) < 4.78 is 72.9. The largest absolute Gasteiger partial charge is 0.459 e. The molecule has 392 valence electrons. The van der Waals surface area contributed by atoms with Crippen molar-refractivity contribution in [2.45, 2.75) is 87.8 Å². The highest BCUT2D eigenvalue weighted by Gasteiger charge is 2.56. The average Bonchev–Trinajstić information content (AvgIpc) is 3.48. The molecule has 0 amide bonds. The SMILES string of the molecule is CO[C@H]1OC(COC(=O)c2ccccc2)[C@@H](O[C@H]2OC(COCc3ccccc3)[C@H](OCc3ccccc3)C(OCc3ccccc3)C2OCc2ccccc2)C(OC(=O)c2ccccc2)C1OC(=O)c1ccccc1. The smallest absolute Gasteiger partial charge is 0.338 e. The minimum Gasteiger partial charge on any atom is -0.459 e. The Kier molecular flexibility index (Phi) is 19.3. The summed E-state index contributed by atoms with van der Waals surface area (Å²) in [6.45, 7) is 0.203. The Morgan fingerprint density at radius 2 is 0.737 bits per heavy atom. The number of rotatable bonds is 23. The molecule has 14 heteroatoms.